The second kappa shape index (κ2) is 8.52. The molecular formula is C22H23N5O. The Hall–Kier alpha value is -3.41. The molecule has 28 heavy (non-hydrogen) atoms. The quantitative estimate of drug-likeness (QED) is 0.745. The van der Waals surface area contributed by atoms with Gasteiger partial charge in [0.15, 0.2) is 0 Å². The van der Waals surface area contributed by atoms with Gasteiger partial charge in [-0.3, -0.25) is 9.78 Å². The Balaban J connectivity index is 1.31. The van der Waals surface area contributed by atoms with E-state index in [1.807, 2.05) is 30.3 Å². The Kier molecular flexibility index (Phi) is 5.47. The summed E-state index contributed by atoms with van der Waals surface area (Å²) in [5.41, 5.74) is 2.79. The number of rotatable bonds is 5. The van der Waals surface area contributed by atoms with E-state index in [0.29, 0.717) is 12.1 Å². The number of carbonyl (C=O) groups is 1. The Bertz CT molecular complexity index is 891. The number of amides is 1. The van der Waals surface area contributed by atoms with Crippen molar-refractivity contribution in [2.75, 3.05) is 36.0 Å². The molecule has 1 saturated heterocycles. The SMILES string of the molecule is O=C(NCc1cccnc1)c1ccc(N2CCN(c3ccccc3)CC2)nc1. The van der Waals surface area contributed by atoms with Crippen LogP contribution in [0.5, 0.6) is 0 Å². The van der Waals surface area contributed by atoms with Crippen molar-refractivity contribution >= 4 is 17.4 Å². The Morgan fingerprint density at radius 3 is 2.36 bits per heavy atom. The van der Waals surface area contributed by atoms with Crippen molar-refractivity contribution < 1.29 is 4.79 Å². The van der Waals surface area contributed by atoms with E-state index in [1.165, 1.54) is 5.69 Å². The molecule has 0 unspecified atom stereocenters. The molecule has 6 nitrogen and oxygen atoms in total. The highest BCUT2D eigenvalue weighted by Gasteiger charge is 2.18. The minimum absolute atomic E-state index is 0.128. The molecule has 4 rings (SSSR count). The van der Waals surface area contributed by atoms with Crippen molar-refractivity contribution in [2.24, 2.45) is 0 Å². The highest BCUT2D eigenvalue weighted by atomic mass is 16.1. The van der Waals surface area contributed by atoms with Crippen LogP contribution >= 0.6 is 0 Å². The summed E-state index contributed by atoms with van der Waals surface area (Å²) in [6, 6.07) is 18.0. The van der Waals surface area contributed by atoms with Gasteiger partial charge in [-0.1, -0.05) is 24.3 Å². The van der Waals surface area contributed by atoms with Gasteiger partial charge in [-0.05, 0) is 35.9 Å². The van der Waals surface area contributed by atoms with Gasteiger partial charge >= 0.3 is 0 Å². The summed E-state index contributed by atoms with van der Waals surface area (Å²) >= 11 is 0. The first-order valence-electron chi connectivity index (χ1n) is 9.48. The van der Waals surface area contributed by atoms with Gasteiger partial charge in [0, 0.05) is 57.0 Å². The largest absolute Gasteiger partial charge is 0.368 e. The molecule has 142 valence electrons. The Labute approximate surface area is 164 Å². The van der Waals surface area contributed by atoms with Gasteiger partial charge in [0.1, 0.15) is 5.82 Å². The fraction of sp³-hybridized carbons (Fsp3) is 0.227. The molecular weight excluding hydrogens is 350 g/mol. The molecule has 1 aromatic carbocycles. The van der Waals surface area contributed by atoms with Crippen LogP contribution < -0.4 is 15.1 Å². The first kappa shape index (κ1) is 18.0. The van der Waals surface area contributed by atoms with Crippen LogP contribution in [-0.2, 0) is 6.54 Å². The van der Waals surface area contributed by atoms with Crippen LogP contribution in [0, 0.1) is 0 Å². The van der Waals surface area contributed by atoms with Crippen LogP contribution in [0.25, 0.3) is 0 Å². The summed E-state index contributed by atoms with van der Waals surface area (Å²) in [4.78, 5) is 25.5. The second-order valence-corrected chi connectivity index (χ2v) is 6.76. The maximum atomic E-state index is 12.3. The van der Waals surface area contributed by atoms with Crippen LogP contribution in [0.1, 0.15) is 15.9 Å². The number of hydrogen-bond donors (Lipinski definition) is 1. The number of pyridine rings is 2. The van der Waals surface area contributed by atoms with Crippen LogP contribution in [-0.4, -0.2) is 42.1 Å². The van der Waals surface area contributed by atoms with Crippen LogP contribution in [0.15, 0.2) is 73.2 Å². The summed E-state index contributed by atoms with van der Waals surface area (Å²) in [7, 11) is 0. The van der Waals surface area contributed by atoms with E-state index in [9.17, 15) is 4.79 Å². The standard InChI is InChI=1S/C22H23N5O/c28-22(25-16-18-5-4-10-23-15-18)19-8-9-21(24-17-19)27-13-11-26(12-14-27)20-6-2-1-3-7-20/h1-10,15,17H,11-14,16H2,(H,25,28). The van der Waals surface area contributed by atoms with Gasteiger partial charge in [0.25, 0.3) is 5.91 Å². The summed E-state index contributed by atoms with van der Waals surface area (Å²) in [6.45, 7) is 4.19. The minimum atomic E-state index is -0.128. The lowest BCUT2D eigenvalue weighted by Crippen LogP contribution is -2.46. The van der Waals surface area contributed by atoms with Crippen molar-refractivity contribution in [3.63, 3.8) is 0 Å². The predicted molar refractivity (Wildman–Crippen MR) is 111 cm³/mol. The zero-order valence-electron chi connectivity index (χ0n) is 15.7. The number of para-hydroxylation sites is 1. The molecule has 1 aliphatic heterocycles. The number of nitrogens with zero attached hydrogens (tertiary/aromatic N) is 4. The molecule has 0 aliphatic carbocycles. The van der Waals surface area contributed by atoms with Crippen LogP contribution in [0.3, 0.4) is 0 Å². The highest BCUT2D eigenvalue weighted by molar-refractivity contribution is 5.94. The Morgan fingerprint density at radius 2 is 1.68 bits per heavy atom. The number of nitrogens with one attached hydrogen (secondary N) is 1. The number of piperazine rings is 1. The van der Waals surface area contributed by atoms with Crippen molar-refractivity contribution in [3.8, 4) is 0 Å². The molecule has 3 heterocycles. The summed E-state index contributed by atoms with van der Waals surface area (Å²) in [5, 5.41) is 2.90. The molecule has 6 heteroatoms. The zero-order valence-corrected chi connectivity index (χ0v) is 15.7. The topological polar surface area (TPSA) is 61.4 Å². The first-order chi connectivity index (χ1) is 13.8. The van der Waals surface area contributed by atoms with E-state index in [4.69, 9.17) is 0 Å². The maximum Gasteiger partial charge on any atom is 0.253 e. The van der Waals surface area contributed by atoms with E-state index in [1.54, 1.807) is 18.6 Å². The van der Waals surface area contributed by atoms with Gasteiger partial charge in [-0.25, -0.2) is 4.98 Å². The molecule has 0 bridgehead atoms. The molecule has 1 amide bonds. The van der Waals surface area contributed by atoms with Gasteiger partial charge in [0.05, 0.1) is 5.56 Å². The molecule has 1 fully saturated rings. The van der Waals surface area contributed by atoms with Gasteiger partial charge in [-0.15, -0.1) is 0 Å². The normalized spacial score (nSPS) is 14.0. The van der Waals surface area contributed by atoms with Gasteiger partial charge in [-0.2, -0.15) is 0 Å². The molecule has 2 aromatic heterocycles. The van der Waals surface area contributed by atoms with Crippen LogP contribution in [0.4, 0.5) is 11.5 Å². The third kappa shape index (κ3) is 4.28. The monoisotopic (exact) mass is 373 g/mol. The molecule has 0 atom stereocenters. The van der Waals surface area contributed by atoms with Crippen molar-refractivity contribution in [2.45, 2.75) is 6.54 Å². The van der Waals surface area contributed by atoms with E-state index in [2.05, 4.69) is 49.4 Å². The third-order valence-corrected chi connectivity index (χ3v) is 4.91. The van der Waals surface area contributed by atoms with Crippen molar-refractivity contribution in [1.82, 2.24) is 15.3 Å². The fourth-order valence-corrected chi connectivity index (χ4v) is 3.33. The van der Waals surface area contributed by atoms with E-state index in [-0.39, 0.29) is 5.91 Å². The number of benzene rings is 1. The number of aromatic nitrogens is 2. The van der Waals surface area contributed by atoms with E-state index < -0.39 is 0 Å². The number of carbonyl (C=O) groups excluding carboxylic acids is 1. The lowest BCUT2D eigenvalue weighted by Gasteiger charge is -2.36. The minimum Gasteiger partial charge on any atom is -0.368 e. The zero-order chi connectivity index (χ0) is 19.2. The summed E-state index contributed by atoms with van der Waals surface area (Å²) < 4.78 is 0. The highest BCUT2D eigenvalue weighted by Crippen LogP contribution is 2.19. The lowest BCUT2D eigenvalue weighted by molar-refractivity contribution is 0.0950. The molecule has 0 spiro atoms. The Morgan fingerprint density at radius 1 is 0.893 bits per heavy atom. The molecule has 1 aliphatic rings. The third-order valence-electron chi connectivity index (χ3n) is 4.91. The fourth-order valence-electron chi connectivity index (χ4n) is 3.33. The average Bonchev–Trinajstić information content (AvgIpc) is 2.79. The van der Waals surface area contributed by atoms with Crippen LogP contribution in [0.2, 0.25) is 0 Å². The van der Waals surface area contributed by atoms with Crippen molar-refractivity contribution in [1.29, 1.82) is 0 Å². The average molecular weight is 373 g/mol. The summed E-state index contributed by atoms with van der Waals surface area (Å²) in [6.07, 6.45) is 5.11. The van der Waals surface area contributed by atoms with E-state index in [0.717, 1.165) is 37.6 Å². The lowest BCUT2D eigenvalue weighted by atomic mass is 10.2. The van der Waals surface area contributed by atoms with Crippen molar-refractivity contribution in [3.05, 3.63) is 84.3 Å². The first-order valence-corrected chi connectivity index (χ1v) is 9.48. The summed E-state index contributed by atoms with van der Waals surface area (Å²) in [5.74, 6) is 0.785. The second-order valence-electron chi connectivity index (χ2n) is 6.76. The molecule has 0 radical (unpaired) electrons. The molecule has 3 aromatic rings. The molecule has 0 saturated carbocycles. The van der Waals surface area contributed by atoms with E-state index >= 15 is 0 Å². The molecule has 1 N–H and O–H groups in total. The number of anilines is 2. The van der Waals surface area contributed by atoms with Gasteiger partial charge < -0.3 is 15.1 Å². The smallest absolute Gasteiger partial charge is 0.253 e. The maximum absolute atomic E-state index is 12.3. The van der Waals surface area contributed by atoms with Gasteiger partial charge in [0.2, 0.25) is 0 Å². The predicted octanol–water partition coefficient (Wildman–Crippen LogP) is 2.73. The number of hydrogen-bond acceptors (Lipinski definition) is 5.